The molecule has 5 heteroatoms. The van der Waals surface area contributed by atoms with Crippen molar-refractivity contribution in [3.63, 3.8) is 0 Å². The van der Waals surface area contributed by atoms with Crippen LogP contribution in [0.4, 0.5) is 5.69 Å². The molecule has 0 amide bonds. The van der Waals surface area contributed by atoms with Gasteiger partial charge < -0.3 is 10.3 Å². The maximum atomic E-state index is 12.5. The van der Waals surface area contributed by atoms with Gasteiger partial charge in [0.1, 0.15) is 10.7 Å². The Balaban J connectivity index is 1.42. The van der Waals surface area contributed by atoms with Crippen LogP contribution in [0.1, 0.15) is 40.2 Å². The Bertz CT molecular complexity index is 1000. The molecule has 0 saturated carbocycles. The molecule has 0 bridgehead atoms. The van der Waals surface area contributed by atoms with E-state index in [9.17, 15) is 4.79 Å². The van der Waals surface area contributed by atoms with E-state index in [2.05, 4.69) is 33.5 Å². The number of aromatic nitrogens is 2. The van der Waals surface area contributed by atoms with E-state index in [0.717, 1.165) is 35.2 Å². The normalized spacial score (nSPS) is 15.7. The van der Waals surface area contributed by atoms with Crippen molar-refractivity contribution in [3.05, 3.63) is 55.9 Å². The average Bonchev–Trinajstić information content (AvgIpc) is 3.27. The molecule has 2 heterocycles. The third kappa shape index (κ3) is 2.26. The van der Waals surface area contributed by atoms with Crippen molar-refractivity contribution in [3.8, 4) is 0 Å². The second-order valence-electron chi connectivity index (χ2n) is 6.74. The standard InChI is InChI=1S/C19H19N3OS/c23-18-17-14-5-2-6-15(14)24-19(17)22-16(21-18)10-20-13-8-7-11-3-1-4-12(11)9-13/h7-9,20H,1-6,10H2,(H,21,22,23). The molecule has 122 valence electrons. The van der Waals surface area contributed by atoms with E-state index in [1.54, 1.807) is 11.3 Å². The SMILES string of the molecule is O=c1[nH]c(CNc2ccc3c(c2)CCC3)nc2sc3c(c12)CCC3. The number of aromatic amines is 1. The van der Waals surface area contributed by atoms with E-state index in [0.29, 0.717) is 12.4 Å². The van der Waals surface area contributed by atoms with Crippen LogP contribution in [0.15, 0.2) is 23.0 Å². The highest BCUT2D eigenvalue weighted by molar-refractivity contribution is 7.18. The lowest BCUT2D eigenvalue weighted by Crippen LogP contribution is -2.14. The molecule has 2 aliphatic carbocycles. The van der Waals surface area contributed by atoms with E-state index in [-0.39, 0.29) is 5.56 Å². The van der Waals surface area contributed by atoms with Crippen LogP contribution in [0.2, 0.25) is 0 Å². The second kappa shape index (κ2) is 5.45. The molecule has 2 aliphatic rings. The molecule has 3 aromatic rings. The number of nitrogens with one attached hydrogen (secondary N) is 2. The highest BCUT2D eigenvalue weighted by Crippen LogP contribution is 2.34. The van der Waals surface area contributed by atoms with Gasteiger partial charge in [0.2, 0.25) is 0 Å². The van der Waals surface area contributed by atoms with Crippen LogP contribution in [0, 0.1) is 0 Å². The Morgan fingerprint density at radius 1 is 1.12 bits per heavy atom. The number of hydrogen-bond acceptors (Lipinski definition) is 4. The number of fused-ring (bicyclic) bond motifs is 4. The Labute approximate surface area is 144 Å². The van der Waals surface area contributed by atoms with E-state index in [1.165, 1.54) is 40.8 Å². The lowest BCUT2D eigenvalue weighted by atomic mass is 10.1. The summed E-state index contributed by atoms with van der Waals surface area (Å²) in [5, 5.41) is 4.23. The third-order valence-electron chi connectivity index (χ3n) is 5.18. The molecule has 0 spiro atoms. The molecule has 2 N–H and O–H groups in total. The summed E-state index contributed by atoms with van der Waals surface area (Å²) in [4.78, 5) is 22.4. The van der Waals surface area contributed by atoms with Gasteiger partial charge in [-0.25, -0.2) is 4.98 Å². The van der Waals surface area contributed by atoms with Crippen LogP contribution < -0.4 is 10.9 Å². The minimum Gasteiger partial charge on any atom is -0.378 e. The van der Waals surface area contributed by atoms with E-state index < -0.39 is 0 Å². The first-order valence-corrected chi connectivity index (χ1v) is 9.49. The predicted molar refractivity (Wildman–Crippen MR) is 98.1 cm³/mol. The minimum absolute atomic E-state index is 0.0187. The molecule has 24 heavy (non-hydrogen) atoms. The van der Waals surface area contributed by atoms with Gasteiger partial charge in [-0.1, -0.05) is 6.07 Å². The quantitative estimate of drug-likeness (QED) is 0.768. The molecule has 0 aliphatic heterocycles. The second-order valence-corrected chi connectivity index (χ2v) is 7.82. The summed E-state index contributed by atoms with van der Waals surface area (Å²) >= 11 is 1.69. The van der Waals surface area contributed by atoms with E-state index >= 15 is 0 Å². The minimum atomic E-state index is 0.0187. The van der Waals surface area contributed by atoms with E-state index in [1.807, 2.05) is 0 Å². The van der Waals surface area contributed by atoms with Crippen molar-refractivity contribution in [1.82, 2.24) is 9.97 Å². The van der Waals surface area contributed by atoms with Gasteiger partial charge in [-0.15, -0.1) is 11.3 Å². The number of aryl methyl sites for hydroxylation is 4. The molecule has 0 fully saturated rings. The van der Waals surface area contributed by atoms with Crippen LogP contribution in [0.5, 0.6) is 0 Å². The Kier molecular flexibility index (Phi) is 3.23. The van der Waals surface area contributed by atoms with Gasteiger partial charge in [0.15, 0.2) is 0 Å². The maximum absolute atomic E-state index is 12.5. The summed E-state index contributed by atoms with van der Waals surface area (Å²) in [5.74, 6) is 0.716. The zero-order valence-electron chi connectivity index (χ0n) is 13.4. The van der Waals surface area contributed by atoms with Crippen molar-refractivity contribution < 1.29 is 0 Å². The van der Waals surface area contributed by atoms with Gasteiger partial charge in [0.05, 0.1) is 11.9 Å². The lowest BCUT2D eigenvalue weighted by Gasteiger charge is -2.08. The number of benzene rings is 1. The van der Waals surface area contributed by atoms with Crippen LogP contribution >= 0.6 is 11.3 Å². The van der Waals surface area contributed by atoms with Crippen LogP contribution in [0.25, 0.3) is 10.2 Å². The Morgan fingerprint density at radius 2 is 2.00 bits per heavy atom. The number of anilines is 1. The number of rotatable bonds is 3. The van der Waals surface area contributed by atoms with Crippen molar-refractivity contribution in [2.75, 3.05) is 5.32 Å². The first kappa shape index (κ1) is 14.2. The van der Waals surface area contributed by atoms with Crippen LogP contribution in [0.3, 0.4) is 0 Å². The van der Waals surface area contributed by atoms with Crippen molar-refractivity contribution >= 4 is 27.2 Å². The molecule has 0 radical (unpaired) electrons. The zero-order valence-corrected chi connectivity index (χ0v) is 14.3. The largest absolute Gasteiger partial charge is 0.378 e. The fourth-order valence-electron chi connectivity index (χ4n) is 4.00. The Hall–Kier alpha value is -2.14. The molecular formula is C19H19N3OS. The molecule has 0 atom stereocenters. The fraction of sp³-hybridized carbons (Fsp3) is 0.368. The highest BCUT2D eigenvalue weighted by atomic mass is 32.1. The van der Waals surface area contributed by atoms with Crippen molar-refractivity contribution in [2.24, 2.45) is 0 Å². The first-order chi connectivity index (χ1) is 11.8. The maximum Gasteiger partial charge on any atom is 0.259 e. The van der Waals surface area contributed by atoms with Crippen molar-refractivity contribution in [1.29, 1.82) is 0 Å². The molecule has 5 rings (SSSR count). The highest BCUT2D eigenvalue weighted by Gasteiger charge is 2.21. The average molecular weight is 337 g/mol. The van der Waals surface area contributed by atoms with Crippen LogP contribution in [-0.4, -0.2) is 9.97 Å². The number of thiophene rings is 1. The summed E-state index contributed by atoms with van der Waals surface area (Å²) in [5.41, 5.74) is 5.28. The van der Waals surface area contributed by atoms with Gasteiger partial charge in [0.25, 0.3) is 5.56 Å². The van der Waals surface area contributed by atoms with E-state index in [4.69, 9.17) is 0 Å². The topological polar surface area (TPSA) is 57.8 Å². The first-order valence-electron chi connectivity index (χ1n) is 8.67. The van der Waals surface area contributed by atoms with Gasteiger partial charge in [-0.2, -0.15) is 0 Å². The summed E-state index contributed by atoms with van der Waals surface area (Å²) < 4.78 is 0. The summed E-state index contributed by atoms with van der Waals surface area (Å²) in [6, 6.07) is 6.58. The molecule has 0 saturated heterocycles. The zero-order chi connectivity index (χ0) is 16.1. The van der Waals surface area contributed by atoms with Gasteiger partial charge >= 0.3 is 0 Å². The van der Waals surface area contributed by atoms with Gasteiger partial charge in [0, 0.05) is 10.6 Å². The molecule has 2 aromatic heterocycles. The summed E-state index contributed by atoms with van der Waals surface area (Å²) in [7, 11) is 0. The summed E-state index contributed by atoms with van der Waals surface area (Å²) in [6.07, 6.45) is 6.91. The van der Waals surface area contributed by atoms with Gasteiger partial charge in [-0.3, -0.25) is 4.79 Å². The molecular weight excluding hydrogens is 318 g/mol. The molecule has 1 aromatic carbocycles. The molecule has 0 unspecified atom stereocenters. The van der Waals surface area contributed by atoms with Crippen LogP contribution in [-0.2, 0) is 32.2 Å². The number of nitrogens with zero attached hydrogens (tertiary/aromatic N) is 1. The number of H-pyrrole nitrogens is 1. The number of hydrogen-bond donors (Lipinski definition) is 2. The third-order valence-corrected chi connectivity index (χ3v) is 6.37. The smallest absolute Gasteiger partial charge is 0.259 e. The predicted octanol–water partition coefficient (Wildman–Crippen LogP) is 3.57. The lowest BCUT2D eigenvalue weighted by molar-refractivity contribution is 0.911. The van der Waals surface area contributed by atoms with Gasteiger partial charge in [-0.05, 0) is 67.3 Å². The monoisotopic (exact) mass is 337 g/mol. The summed E-state index contributed by atoms with van der Waals surface area (Å²) in [6.45, 7) is 0.548. The molecule has 4 nitrogen and oxygen atoms in total. The fourth-order valence-corrected chi connectivity index (χ4v) is 5.28. The van der Waals surface area contributed by atoms with Crippen molar-refractivity contribution in [2.45, 2.75) is 45.1 Å². The Morgan fingerprint density at radius 3 is 2.96 bits per heavy atom.